The molecule has 0 radical (unpaired) electrons. The van der Waals surface area contributed by atoms with Gasteiger partial charge in [-0.2, -0.15) is 0 Å². The number of guanidine groups is 1. The molecule has 0 fully saturated rings. The predicted molar refractivity (Wildman–Crippen MR) is 139 cm³/mol. The van der Waals surface area contributed by atoms with E-state index in [0.717, 1.165) is 17.5 Å². The Labute approximate surface area is 214 Å². The Morgan fingerprint density at radius 1 is 1.06 bits per heavy atom. The molecule has 1 atom stereocenters. The highest BCUT2D eigenvalue weighted by atomic mass is 35.5. The first-order valence-electron chi connectivity index (χ1n) is 11.2. The van der Waals surface area contributed by atoms with Crippen LogP contribution in [-0.2, 0) is 17.8 Å². The average Bonchev–Trinajstić information content (AvgIpc) is 2.83. The quantitative estimate of drug-likeness (QED) is 0.322. The van der Waals surface area contributed by atoms with Crippen LogP contribution in [0.5, 0.6) is 11.5 Å². The molecule has 1 aliphatic rings. The van der Waals surface area contributed by atoms with Gasteiger partial charge in [0.15, 0.2) is 12.1 Å². The van der Waals surface area contributed by atoms with Gasteiger partial charge < -0.3 is 25.8 Å². The summed E-state index contributed by atoms with van der Waals surface area (Å²) in [7, 11) is 0. The molecule has 4 N–H and O–H groups in total. The molecule has 3 aromatic carbocycles. The van der Waals surface area contributed by atoms with Crippen LogP contribution < -0.4 is 25.8 Å². The van der Waals surface area contributed by atoms with Gasteiger partial charge in [0.2, 0.25) is 0 Å². The Balaban J connectivity index is 1.39. The highest BCUT2D eigenvalue weighted by Crippen LogP contribution is 2.36. The number of hydrogen-bond donors (Lipinski definition) is 2. The van der Waals surface area contributed by atoms with E-state index in [2.05, 4.69) is 4.99 Å². The van der Waals surface area contributed by atoms with E-state index in [1.165, 1.54) is 0 Å². The molecule has 182 valence electrons. The molecule has 0 spiro atoms. The number of carbonyl (C=O) groups excluding carboxylic acids is 1. The van der Waals surface area contributed by atoms with E-state index in [4.69, 9.17) is 44.1 Å². The van der Waals surface area contributed by atoms with Gasteiger partial charge in [0.25, 0.3) is 5.91 Å². The number of nitrogens with two attached hydrogens (primary N) is 2. The van der Waals surface area contributed by atoms with Crippen LogP contribution in [0.25, 0.3) is 0 Å². The molecule has 3 aromatic rings. The third-order valence-electron chi connectivity index (χ3n) is 5.58. The zero-order chi connectivity index (χ0) is 24.8. The van der Waals surface area contributed by atoms with E-state index in [1.54, 1.807) is 17.0 Å². The zero-order valence-electron chi connectivity index (χ0n) is 19.0. The average molecular weight is 513 g/mol. The lowest BCUT2D eigenvalue weighted by Gasteiger charge is -2.34. The molecule has 0 aromatic heterocycles. The molecule has 9 heteroatoms. The summed E-state index contributed by atoms with van der Waals surface area (Å²) in [5.74, 6) is 1.30. The normalized spacial score (nSPS) is 14.7. The lowest BCUT2D eigenvalue weighted by atomic mass is 10.1. The summed E-state index contributed by atoms with van der Waals surface area (Å²) in [5, 5.41) is 1.06. The third-order valence-corrected chi connectivity index (χ3v) is 6.16. The van der Waals surface area contributed by atoms with Gasteiger partial charge in [-0.3, -0.25) is 9.79 Å². The summed E-state index contributed by atoms with van der Waals surface area (Å²) in [6.45, 7) is 1.16. The number of aliphatic imine (C=N–C) groups is 1. The summed E-state index contributed by atoms with van der Waals surface area (Å²) in [5.41, 5.74) is 13.3. The van der Waals surface area contributed by atoms with Crippen molar-refractivity contribution in [1.29, 1.82) is 0 Å². The van der Waals surface area contributed by atoms with E-state index in [9.17, 15) is 4.79 Å². The van der Waals surface area contributed by atoms with Crippen molar-refractivity contribution >= 4 is 40.8 Å². The van der Waals surface area contributed by atoms with Crippen molar-refractivity contribution in [3.05, 3.63) is 87.9 Å². The molecule has 1 amide bonds. The van der Waals surface area contributed by atoms with E-state index in [0.29, 0.717) is 53.3 Å². The van der Waals surface area contributed by atoms with Crippen LogP contribution >= 0.6 is 23.2 Å². The summed E-state index contributed by atoms with van der Waals surface area (Å²) in [6, 6.07) is 20.4. The van der Waals surface area contributed by atoms with Gasteiger partial charge in [0.1, 0.15) is 11.5 Å². The fourth-order valence-corrected chi connectivity index (χ4v) is 4.26. The maximum atomic E-state index is 13.4. The Morgan fingerprint density at radius 3 is 2.57 bits per heavy atom. The largest absolute Gasteiger partial charge is 0.493 e. The number of ether oxygens (including phenoxy) is 2. The molecule has 1 aliphatic heterocycles. The van der Waals surface area contributed by atoms with Crippen LogP contribution in [0.15, 0.2) is 71.7 Å². The number of halogens is 2. The minimum Gasteiger partial charge on any atom is -0.493 e. The van der Waals surface area contributed by atoms with E-state index >= 15 is 0 Å². The minimum absolute atomic E-state index is 0.0851. The molecule has 7 nitrogen and oxygen atoms in total. The highest BCUT2D eigenvalue weighted by Gasteiger charge is 2.34. The fraction of sp³-hybridized carbons (Fsp3) is 0.231. The van der Waals surface area contributed by atoms with Crippen LogP contribution in [-0.4, -0.2) is 31.1 Å². The first kappa shape index (κ1) is 24.7. The smallest absolute Gasteiger partial charge is 0.268 e. The lowest BCUT2D eigenvalue weighted by Crippen LogP contribution is -2.46. The molecule has 1 heterocycles. The van der Waals surface area contributed by atoms with Crippen LogP contribution in [0.1, 0.15) is 17.5 Å². The Bertz CT molecular complexity index is 1210. The van der Waals surface area contributed by atoms with Gasteiger partial charge >= 0.3 is 0 Å². The van der Waals surface area contributed by atoms with Crippen molar-refractivity contribution in [2.45, 2.75) is 25.5 Å². The third kappa shape index (κ3) is 6.38. The predicted octanol–water partition coefficient (Wildman–Crippen LogP) is 4.57. The van der Waals surface area contributed by atoms with Crippen LogP contribution in [0.4, 0.5) is 5.69 Å². The first-order valence-corrected chi connectivity index (χ1v) is 11.9. The Kier molecular flexibility index (Phi) is 8.00. The summed E-state index contributed by atoms with van der Waals surface area (Å²) in [4.78, 5) is 19.0. The standard InChI is InChI=1S/C26H26Cl2N4O3/c27-19-8-7-18(21(28)15-19)16-32-22-3-1-2-4-23(22)35-24(25(32)33)12-14-34-20-9-5-17(6-10-20)11-13-31-26(29)30/h1-10,15,24H,11-14,16H2,(H4,29,30,31). The highest BCUT2D eigenvalue weighted by molar-refractivity contribution is 6.35. The summed E-state index contributed by atoms with van der Waals surface area (Å²) >= 11 is 12.4. The monoisotopic (exact) mass is 512 g/mol. The molecule has 4 rings (SSSR count). The van der Waals surface area contributed by atoms with E-state index < -0.39 is 6.10 Å². The second-order valence-electron chi connectivity index (χ2n) is 8.07. The minimum atomic E-state index is -0.671. The number of carbonyl (C=O) groups is 1. The van der Waals surface area contributed by atoms with Crippen molar-refractivity contribution in [3.63, 3.8) is 0 Å². The van der Waals surface area contributed by atoms with Gasteiger partial charge in [0.05, 0.1) is 18.8 Å². The maximum absolute atomic E-state index is 13.4. The Morgan fingerprint density at radius 2 is 1.83 bits per heavy atom. The summed E-state index contributed by atoms with van der Waals surface area (Å²) < 4.78 is 11.9. The van der Waals surface area contributed by atoms with Gasteiger partial charge in [-0.25, -0.2) is 0 Å². The molecule has 0 bridgehead atoms. The van der Waals surface area contributed by atoms with Crippen molar-refractivity contribution in [1.82, 2.24) is 0 Å². The lowest BCUT2D eigenvalue weighted by molar-refractivity contribution is -0.127. The van der Waals surface area contributed by atoms with Gasteiger partial charge in [-0.15, -0.1) is 0 Å². The zero-order valence-corrected chi connectivity index (χ0v) is 20.5. The number of hydrogen-bond acceptors (Lipinski definition) is 4. The number of benzene rings is 3. The van der Waals surface area contributed by atoms with Gasteiger partial charge in [-0.05, 0) is 53.9 Å². The number of nitrogens with zero attached hydrogens (tertiary/aromatic N) is 2. The van der Waals surface area contributed by atoms with Crippen molar-refractivity contribution in [2.24, 2.45) is 16.5 Å². The molecule has 0 saturated heterocycles. The van der Waals surface area contributed by atoms with Crippen molar-refractivity contribution in [2.75, 3.05) is 18.1 Å². The van der Waals surface area contributed by atoms with Crippen molar-refractivity contribution in [3.8, 4) is 11.5 Å². The van der Waals surface area contributed by atoms with E-state index in [1.807, 2.05) is 54.6 Å². The molecule has 0 aliphatic carbocycles. The van der Waals surface area contributed by atoms with Crippen LogP contribution in [0.3, 0.4) is 0 Å². The fourth-order valence-electron chi connectivity index (χ4n) is 3.79. The molecular weight excluding hydrogens is 487 g/mol. The topological polar surface area (TPSA) is 103 Å². The molecule has 0 saturated carbocycles. The number of rotatable bonds is 9. The van der Waals surface area contributed by atoms with Crippen LogP contribution in [0.2, 0.25) is 10.0 Å². The number of amides is 1. The van der Waals surface area contributed by atoms with Gasteiger partial charge in [0, 0.05) is 23.0 Å². The molecule has 35 heavy (non-hydrogen) atoms. The summed E-state index contributed by atoms with van der Waals surface area (Å²) in [6.07, 6.45) is 0.453. The van der Waals surface area contributed by atoms with E-state index in [-0.39, 0.29) is 11.9 Å². The van der Waals surface area contributed by atoms with Crippen molar-refractivity contribution < 1.29 is 14.3 Å². The maximum Gasteiger partial charge on any atom is 0.268 e. The Hall–Kier alpha value is -3.42. The first-order chi connectivity index (χ1) is 16.9. The van der Waals surface area contributed by atoms with Crippen LogP contribution in [0, 0.1) is 0 Å². The second-order valence-corrected chi connectivity index (χ2v) is 8.92. The number of para-hydroxylation sites is 2. The second kappa shape index (κ2) is 11.3. The SMILES string of the molecule is NC(N)=NCCc1ccc(OCCC2Oc3ccccc3N(Cc3ccc(Cl)cc3Cl)C2=O)cc1. The molecular formula is C26H26Cl2N4O3. The molecule has 1 unspecified atom stereocenters. The van der Waals surface area contributed by atoms with Gasteiger partial charge in [-0.1, -0.05) is 53.5 Å². The number of fused-ring (bicyclic) bond motifs is 1. The number of anilines is 1.